The quantitative estimate of drug-likeness (QED) is 0.697. The Morgan fingerprint density at radius 1 is 1.20 bits per heavy atom. The number of nitrogens with zero attached hydrogens (tertiary/aromatic N) is 1. The van der Waals surface area contributed by atoms with E-state index in [0.717, 1.165) is 30.6 Å². The molecule has 0 radical (unpaired) electrons. The summed E-state index contributed by atoms with van der Waals surface area (Å²) in [6, 6.07) is 7.58. The maximum Gasteiger partial charge on any atom is 0.229 e. The fourth-order valence-corrected chi connectivity index (χ4v) is 2.92. The number of amides is 3. The number of likely N-dealkylation sites (tertiary alicyclic amines) is 1. The van der Waals surface area contributed by atoms with Crippen molar-refractivity contribution in [2.45, 2.75) is 51.5 Å². The third kappa shape index (κ3) is 5.31. The van der Waals surface area contributed by atoms with Gasteiger partial charge in [-0.3, -0.25) is 19.3 Å². The van der Waals surface area contributed by atoms with Crippen LogP contribution in [0, 0.1) is 0 Å². The second-order valence-corrected chi connectivity index (χ2v) is 6.22. The number of carbonyl (C=O) groups excluding carboxylic acids is 3. The summed E-state index contributed by atoms with van der Waals surface area (Å²) in [5, 5.41) is 3.03. The smallest absolute Gasteiger partial charge is 0.229 e. The van der Waals surface area contributed by atoms with Crippen molar-refractivity contribution in [2.75, 3.05) is 13.7 Å². The molecule has 1 aliphatic rings. The molecule has 136 valence electrons. The maximum absolute atomic E-state index is 12.3. The number of rotatable bonds is 9. The summed E-state index contributed by atoms with van der Waals surface area (Å²) in [6.45, 7) is 2.27. The summed E-state index contributed by atoms with van der Waals surface area (Å²) in [6.07, 6.45) is 3.53. The normalized spacial score (nSPS) is 15.4. The van der Waals surface area contributed by atoms with Crippen LogP contribution >= 0.6 is 0 Å². The van der Waals surface area contributed by atoms with Crippen molar-refractivity contribution in [1.29, 1.82) is 0 Å². The third-order valence-electron chi connectivity index (χ3n) is 4.42. The molecule has 1 aliphatic heterocycles. The van der Waals surface area contributed by atoms with Crippen LogP contribution in [0.1, 0.15) is 57.1 Å². The highest BCUT2D eigenvalue weighted by Gasteiger charge is 2.29. The zero-order chi connectivity index (χ0) is 18.2. The molecular formula is C19H26N2O4. The number of benzene rings is 1. The van der Waals surface area contributed by atoms with Gasteiger partial charge in [0.15, 0.2) is 0 Å². The molecular weight excluding hydrogens is 320 g/mol. The topological polar surface area (TPSA) is 75.7 Å². The molecule has 6 heteroatoms. The number of carbonyl (C=O) groups is 3. The Labute approximate surface area is 148 Å². The summed E-state index contributed by atoms with van der Waals surface area (Å²) >= 11 is 0. The van der Waals surface area contributed by atoms with Gasteiger partial charge in [-0.05, 0) is 24.1 Å². The SMILES string of the molecule is CCCC[C@@H](NC(=O)CCN1C(=O)CCC1=O)c1ccc(OC)cc1. The van der Waals surface area contributed by atoms with E-state index in [1.165, 1.54) is 4.90 Å². The highest BCUT2D eigenvalue weighted by Crippen LogP contribution is 2.22. The minimum atomic E-state index is -0.185. The maximum atomic E-state index is 12.3. The molecule has 1 aromatic carbocycles. The van der Waals surface area contributed by atoms with E-state index in [2.05, 4.69) is 12.2 Å². The molecule has 25 heavy (non-hydrogen) atoms. The predicted octanol–water partition coefficient (Wildman–Crippen LogP) is 2.58. The lowest BCUT2D eigenvalue weighted by Crippen LogP contribution is -2.35. The van der Waals surface area contributed by atoms with Gasteiger partial charge < -0.3 is 10.1 Å². The highest BCUT2D eigenvalue weighted by molar-refractivity contribution is 6.02. The van der Waals surface area contributed by atoms with Crippen molar-refractivity contribution in [3.63, 3.8) is 0 Å². The first-order valence-corrected chi connectivity index (χ1v) is 8.81. The van der Waals surface area contributed by atoms with E-state index in [4.69, 9.17) is 4.74 Å². The summed E-state index contributed by atoms with van der Waals surface area (Å²) in [5.41, 5.74) is 1.02. The lowest BCUT2D eigenvalue weighted by molar-refractivity contribution is -0.138. The van der Waals surface area contributed by atoms with Crippen LogP contribution < -0.4 is 10.1 Å². The summed E-state index contributed by atoms with van der Waals surface area (Å²) in [4.78, 5) is 36.7. The molecule has 1 saturated heterocycles. The van der Waals surface area contributed by atoms with Crippen molar-refractivity contribution < 1.29 is 19.1 Å². The lowest BCUT2D eigenvalue weighted by atomic mass is 10.0. The Bertz CT molecular complexity index is 596. The molecule has 3 amide bonds. The minimum absolute atomic E-state index is 0.0802. The zero-order valence-corrected chi connectivity index (χ0v) is 14.9. The van der Waals surface area contributed by atoms with Gasteiger partial charge in [-0.15, -0.1) is 0 Å². The molecule has 1 atom stereocenters. The molecule has 6 nitrogen and oxygen atoms in total. The van der Waals surface area contributed by atoms with Gasteiger partial charge in [0.1, 0.15) is 5.75 Å². The third-order valence-corrected chi connectivity index (χ3v) is 4.42. The fraction of sp³-hybridized carbons (Fsp3) is 0.526. The zero-order valence-electron chi connectivity index (χ0n) is 14.9. The van der Waals surface area contributed by atoms with E-state index < -0.39 is 0 Å². The molecule has 0 unspecified atom stereocenters. The van der Waals surface area contributed by atoms with E-state index >= 15 is 0 Å². The number of imide groups is 1. The van der Waals surface area contributed by atoms with Crippen molar-refractivity contribution >= 4 is 17.7 Å². The van der Waals surface area contributed by atoms with E-state index in [1.54, 1.807) is 7.11 Å². The number of unbranched alkanes of at least 4 members (excludes halogenated alkanes) is 1. The Kier molecular flexibility index (Phi) is 6.98. The molecule has 1 fully saturated rings. The van der Waals surface area contributed by atoms with E-state index in [1.807, 2.05) is 24.3 Å². The molecule has 2 rings (SSSR count). The predicted molar refractivity (Wildman–Crippen MR) is 94.0 cm³/mol. The largest absolute Gasteiger partial charge is 0.497 e. The van der Waals surface area contributed by atoms with E-state index in [9.17, 15) is 14.4 Å². The van der Waals surface area contributed by atoms with Gasteiger partial charge in [0.25, 0.3) is 0 Å². The van der Waals surface area contributed by atoms with Crippen LogP contribution in [-0.2, 0) is 14.4 Å². The van der Waals surface area contributed by atoms with Gasteiger partial charge in [0, 0.05) is 25.8 Å². The van der Waals surface area contributed by atoms with E-state index in [0.29, 0.717) is 0 Å². The van der Waals surface area contributed by atoms with Crippen molar-refractivity contribution in [2.24, 2.45) is 0 Å². The van der Waals surface area contributed by atoms with Crippen LogP contribution in [0.3, 0.4) is 0 Å². The number of hydrogen-bond acceptors (Lipinski definition) is 4. The van der Waals surface area contributed by atoms with Crippen LogP contribution in [0.15, 0.2) is 24.3 Å². The molecule has 0 saturated carbocycles. The molecule has 1 aromatic rings. The summed E-state index contributed by atoms with van der Waals surface area (Å²) in [5.74, 6) is 0.255. The number of methoxy groups -OCH3 is 1. The summed E-state index contributed by atoms with van der Waals surface area (Å²) < 4.78 is 5.17. The van der Waals surface area contributed by atoms with Gasteiger partial charge in [-0.1, -0.05) is 31.9 Å². The first kappa shape index (κ1) is 19.0. The number of hydrogen-bond donors (Lipinski definition) is 1. The standard InChI is InChI=1S/C19H26N2O4/c1-3-4-5-16(14-6-8-15(25-2)9-7-14)20-17(22)12-13-21-18(23)10-11-19(21)24/h6-9,16H,3-5,10-13H2,1-2H3,(H,20,22)/t16-/m1/s1. The monoisotopic (exact) mass is 346 g/mol. The second kappa shape index (κ2) is 9.20. The first-order valence-electron chi connectivity index (χ1n) is 8.81. The molecule has 0 bridgehead atoms. The van der Waals surface area contributed by atoms with Crippen molar-refractivity contribution in [3.05, 3.63) is 29.8 Å². The first-order chi connectivity index (χ1) is 12.0. The molecule has 0 aliphatic carbocycles. The second-order valence-electron chi connectivity index (χ2n) is 6.22. The number of nitrogens with one attached hydrogen (secondary N) is 1. The Balaban J connectivity index is 1.94. The molecule has 0 spiro atoms. The Hall–Kier alpha value is -2.37. The van der Waals surface area contributed by atoms with Gasteiger partial charge in [0.05, 0.1) is 13.2 Å². The molecule has 1 N–H and O–H groups in total. The van der Waals surface area contributed by atoms with Crippen LogP contribution in [-0.4, -0.2) is 36.3 Å². The Morgan fingerprint density at radius 2 is 1.84 bits per heavy atom. The van der Waals surface area contributed by atoms with Crippen LogP contribution in [0.4, 0.5) is 0 Å². The van der Waals surface area contributed by atoms with Crippen LogP contribution in [0.25, 0.3) is 0 Å². The average Bonchev–Trinajstić information content (AvgIpc) is 2.95. The molecule has 0 aromatic heterocycles. The minimum Gasteiger partial charge on any atom is -0.497 e. The number of ether oxygens (including phenoxy) is 1. The van der Waals surface area contributed by atoms with Crippen LogP contribution in [0.2, 0.25) is 0 Å². The fourth-order valence-electron chi connectivity index (χ4n) is 2.92. The average molecular weight is 346 g/mol. The lowest BCUT2D eigenvalue weighted by Gasteiger charge is -2.20. The summed E-state index contributed by atoms with van der Waals surface area (Å²) in [7, 11) is 1.62. The Morgan fingerprint density at radius 3 is 2.40 bits per heavy atom. The van der Waals surface area contributed by atoms with Crippen molar-refractivity contribution in [3.8, 4) is 5.75 Å². The highest BCUT2D eigenvalue weighted by atomic mass is 16.5. The van der Waals surface area contributed by atoms with Gasteiger partial charge in [-0.25, -0.2) is 0 Å². The molecule has 1 heterocycles. The van der Waals surface area contributed by atoms with Gasteiger partial charge in [-0.2, -0.15) is 0 Å². The van der Waals surface area contributed by atoms with Crippen molar-refractivity contribution in [1.82, 2.24) is 10.2 Å². The van der Waals surface area contributed by atoms with Gasteiger partial charge in [0.2, 0.25) is 17.7 Å². The van der Waals surface area contributed by atoms with Crippen LogP contribution in [0.5, 0.6) is 5.75 Å². The van der Waals surface area contributed by atoms with Gasteiger partial charge >= 0.3 is 0 Å². The van der Waals surface area contributed by atoms with E-state index in [-0.39, 0.29) is 49.6 Å².